The maximum absolute atomic E-state index is 4.61. The Morgan fingerprint density at radius 3 is 2.57 bits per heavy atom. The van der Waals surface area contributed by atoms with Crippen LogP contribution >= 0.6 is 11.3 Å². The summed E-state index contributed by atoms with van der Waals surface area (Å²) in [6.07, 6.45) is 5.56. The van der Waals surface area contributed by atoms with Gasteiger partial charge in [-0.25, -0.2) is 9.97 Å². The second-order valence-electron chi connectivity index (χ2n) is 5.44. The van der Waals surface area contributed by atoms with Crippen molar-refractivity contribution in [2.75, 3.05) is 18.0 Å². The second-order valence-corrected chi connectivity index (χ2v) is 6.30. The van der Waals surface area contributed by atoms with Crippen molar-refractivity contribution in [3.05, 3.63) is 42.0 Å². The molecule has 0 amide bonds. The van der Waals surface area contributed by atoms with Gasteiger partial charge in [-0.3, -0.25) is 0 Å². The summed E-state index contributed by atoms with van der Waals surface area (Å²) in [5.74, 6) is 1.11. The molecule has 0 spiro atoms. The third-order valence-corrected chi connectivity index (χ3v) is 4.98. The summed E-state index contributed by atoms with van der Waals surface area (Å²) in [7, 11) is 0. The number of thiophene rings is 1. The number of benzene rings is 1. The molecule has 106 valence electrons. The minimum atomic E-state index is 1.09. The van der Waals surface area contributed by atoms with E-state index in [-0.39, 0.29) is 0 Å². The van der Waals surface area contributed by atoms with Crippen LogP contribution in [0.15, 0.2) is 42.0 Å². The monoisotopic (exact) mass is 295 g/mol. The molecule has 1 fully saturated rings. The van der Waals surface area contributed by atoms with E-state index in [4.69, 9.17) is 0 Å². The zero-order valence-corrected chi connectivity index (χ0v) is 12.6. The van der Waals surface area contributed by atoms with E-state index < -0.39 is 0 Å². The van der Waals surface area contributed by atoms with Gasteiger partial charge in [-0.05, 0) is 24.8 Å². The average Bonchev–Trinajstić information content (AvgIpc) is 3.00. The Kier molecular flexibility index (Phi) is 3.31. The molecule has 21 heavy (non-hydrogen) atoms. The number of anilines is 1. The van der Waals surface area contributed by atoms with Crippen LogP contribution in [0.1, 0.15) is 19.3 Å². The molecule has 0 unspecified atom stereocenters. The number of piperidine rings is 1. The number of nitrogens with zero attached hydrogens (tertiary/aromatic N) is 3. The lowest BCUT2D eigenvalue weighted by Gasteiger charge is -2.28. The third-order valence-electron chi connectivity index (χ3n) is 4.09. The highest BCUT2D eigenvalue weighted by atomic mass is 32.1. The van der Waals surface area contributed by atoms with E-state index in [1.165, 1.54) is 35.8 Å². The lowest BCUT2D eigenvalue weighted by Crippen LogP contribution is -2.30. The first kappa shape index (κ1) is 12.8. The summed E-state index contributed by atoms with van der Waals surface area (Å²) in [5.41, 5.74) is 2.51. The zero-order chi connectivity index (χ0) is 14.1. The number of aromatic nitrogens is 2. The fourth-order valence-corrected chi connectivity index (χ4v) is 3.95. The minimum absolute atomic E-state index is 1.09. The topological polar surface area (TPSA) is 29.0 Å². The predicted octanol–water partition coefficient (Wildman–Crippen LogP) is 4.35. The summed E-state index contributed by atoms with van der Waals surface area (Å²) < 4.78 is 0. The molecule has 0 bridgehead atoms. The van der Waals surface area contributed by atoms with Crippen LogP contribution in [0.4, 0.5) is 5.82 Å². The highest BCUT2D eigenvalue weighted by Gasteiger charge is 2.19. The highest BCUT2D eigenvalue weighted by Crippen LogP contribution is 2.38. The summed E-state index contributed by atoms with van der Waals surface area (Å²) in [6.45, 7) is 2.21. The maximum atomic E-state index is 4.61. The van der Waals surface area contributed by atoms with Gasteiger partial charge in [0.25, 0.3) is 0 Å². The fraction of sp³-hybridized carbons (Fsp3) is 0.294. The minimum Gasteiger partial charge on any atom is -0.356 e. The molecule has 1 saturated heterocycles. The molecule has 0 radical (unpaired) electrons. The Morgan fingerprint density at radius 2 is 1.76 bits per heavy atom. The second kappa shape index (κ2) is 5.45. The van der Waals surface area contributed by atoms with E-state index in [1.54, 1.807) is 17.7 Å². The van der Waals surface area contributed by atoms with Crippen LogP contribution in [-0.2, 0) is 0 Å². The molecule has 0 saturated carbocycles. The molecule has 2 aromatic heterocycles. The van der Waals surface area contributed by atoms with E-state index in [0.29, 0.717) is 0 Å². The third kappa shape index (κ3) is 2.29. The van der Waals surface area contributed by atoms with Crippen molar-refractivity contribution in [2.45, 2.75) is 19.3 Å². The average molecular weight is 295 g/mol. The molecule has 3 heterocycles. The standard InChI is InChI=1S/C17H17N3S/c1-3-7-13(8-4-1)14-11-21-17-15(14)16(18-12-19-17)20-9-5-2-6-10-20/h1,3-4,7-8,11-12H,2,5-6,9-10H2. The Balaban J connectivity index is 1.89. The molecular weight excluding hydrogens is 278 g/mol. The zero-order valence-electron chi connectivity index (χ0n) is 11.8. The van der Waals surface area contributed by atoms with Crippen LogP contribution in [0.25, 0.3) is 21.3 Å². The molecule has 3 nitrogen and oxygen atoms in total. The van der Waals surface area contributed by atoms with E-state index >= 15 is 0 Å². The van der Waals surface area contributed by atoms with Gasteiger partial charge in [0, 0.05) is 24.0 Å². The van der Waals surface area contributed by atoms with Crippen LogP contribution in [-0.4, -0.2) is 23.1 Å². The van der Waals surface area contributed by atoms with Gasteiger partial charge in [0.05, 0.1) is 5.39 Å². The molecule has 0 aliphatic carbocycles. The lowest BCUT2D eigenvalue weighted by molar-refractivity contribution is 0.574. The first-order chi connectivity index (χ1) is 10.4. The molecule has 4 rings (SSSR count). The first-order valence-corrected chi connectivity index (χ1v) is 8.34. The van der Waals surface area contributed by atoms with E-state index in [2.05, 4.69) is 50.6 Å². The van der Waals surface area contributed by atoms with Crippen LogP contribution in [0, 0.1) is 0 Å². The largest absolute Gasteiger partial charge is 0.356 e. The molecule has 0 N–H and O–H groups in total. The fourth-order valence-electron chi connectivity index (χ4n) is 3.03. The predicted molar refractivity (Wildman–Crippen MR) is 88.9 cm³/mol. The number of rotatable bonds is 2. The van der Waals surface area contributed by atoms with Crippen LogP contribution in [0.5, 0.6) is 0 Å². The maximum Gasteiger partial charge on any atom is 0.141 e. The van der Waals surface area contributed by atoms with Crippen molar-refractivity contribution in [3.63, 3.8) is 0 Å². The van der Waals surface area contributed by atoms with Crippen molar-refractivity contribution in [1.29, 1.82) is 0 Å². The Labute approximate surface area is 128 Å². The first-order valence-electron chi connectivity index (χ1n) is 7.46. The lowest BCUT2D eigenvalue weighted by atomic mass is 10.1. The molecule has 1 aliphatic heterocycles. The van der Waals surface area contributed by atoms with Gasteiger partial charge in [0.1, 0.15) is 17.0 Å². The Morgan fingerprint density at radius 1 is 0.952 bits per heavy atom. The van der Waals surface area contributed by atoms with Gasteiger partial charge in [-0.15, -0.1) is 11.3 Å². The van der Waals surface area contributed by atoms with E-state index in [9.17, 15) is 0 Å². The van der Waals surface area contributed by atoms with Crippen LogP contribution < -0.4 is 4.90 Å². The van der Waals surface area contributed by atoms with Crippen molar-refractivity contribution >= 4 is 27.4 Å². The summed E-state index contributed by atoms with van der Waals surface area (Å²) in [4.78, 5) is 12.6. The molecule has 1 aliphatic rings. The van der Waals surface area contributed by atoms with Crippen LogP contribution in [0.3, 0.4) is 0 Å². The van der Waals surface area contributed by atoms with Crippen LogP contribution in [0.2, 0.25) is 0 Å². The van der Waals surface area contributed by atoms with Gasteiger partial charge in [0.15, 0.2) is 0 Å². The Hall–Kier alpha value is -1.94. The van der Waals surface area contributed by atoms with Crippen molar-refractivity contribution in [2.24, 2.45) is 0 Å². The van der Waals surface area contributed by atoms with Gasteiger partial charge >= 0.3 is 0 Å². The summed E-state index contributed by atoms with van der Waals surface area (Å²) >= 11 is 1.71. The SMILES string of the molecule is c1ccc(-c2csc3ncnc(N4CCCCC4)c23)cc1. The molecular formula is C17H17N3S. The van der Waals surface area contributed by atoms with E-state index in [0.717, 1.165) is 23.7 Å². The normalized spacial score (nSPS) is 15.5. The van der Waals surface area contributed by atoms with Crippen molar-refractivity contribution in [1.82, 2.24) is 9.97 Å². The van der Waals surface area contributed by atoms with Gasteiger partial charge in [0.2, 0.25) is 0 Å². The van der Waals surface area contributed by atoms with E-state index in [1.807, 2.05) is 0 Å². The summed E-state index contributed by atoms with van der Waals surface area (Å²) in [6, 6.07) is 10.6. The smallest absolute Gasteiger partial charge is 0.141 e. The quantitative estimate of drug-likeness (QED) is 0.704. The van der Waals surface area contributed by atoms with Gasteiger partial charge < -0.3 is 4.90 Å². The Bertz CT molecular complexity index is 745. The molecule has 4 heteroatoms. The molecule has 3 aromatic rings. The molecule has 1 aromatic carbocycles. The van der Waals surface area contributed by atoms with Gasteiger partial charge in [-0.2, -0.15) is 0 Å². The molecule has 0 atom stereocenters. The van der Waals surface area contributed by atoms with Crippen molar-refractivity contribution < 1.29 is 0 Å². The summed E-state index contributed by atoms with van der Waals surface area (Å²) in [5, 5.41) is 3.43. The van der Waals surface area contributed by atoms with Crippen molar-refractivity contribution in [3.8, 4) is 11.1 Å². The number of fused-ring (bicyclic) bond motifs is 1. The van der Waals surface area contributed by atoms with Gasteiger partial charge in [-0.1, -0.05) is 30.3 Å². The number of hydrogen-bond donors (Lipinski definition) is 0. The number of hydrogen-bond acceptors (Lipinski definition) is 4. The highest BCUT2D eigenvalue weighted by molar-refractivity contribution is 7.17.